The van der Waals surface area contributed by atoms with E-state index in [-0.39, 0.29) is 5.92 Å². The second-order valence-corrected chi connectivity index (χ2v) is 8.98. The summed E-state index contributed by atoms with van der Waals surface area (Å²) >= 11 is 0. The molecule has 0 aliphatic heterocycles. The number of aromatic nitrogens is 1. The van der Waals surface area contributed by atoms with Gasteiger partial charge in [-0.2, -0.15) is 0 Å². The predicted octanol–water partition coefficient (Wildman–Crippen LogP) is 4.88. The molecule has 0 saturated heterocycles. The Hall–Kier alpha value is -2.43. The number of benzene rings is 2. The van der Waals surface area contributed by atoms with Crippen molar-refractivity contribution in [3.63, 3.8) is 0 Å². The number of nitrogens with zero attached hydrogens (tertiary/aromatic N) is 2. The second kappa shape index (κ2) is 8.13. The van der Waals surface area contributed by atoms with Crippen molar-refractivity contribution in [2.75, 3.05) is 14.1 Å². The third-order valence-corrected chi connectivity index (χ3v) is 6.08. The van der Waals surface area contributed by atoms with Crippen LogP contribution in [0.25, 0.3) is 0 Å². The minimum Gasteiger partial charge on any atom is -0.436 e. The van der Waals surface area contributed by atoms with Gasteiger partial charge in [0.1, 0.15) is 13.1 Å². The molecule has 0 unspecified atom stereocenters. The Balaban J connectivity index is 1.59. The Bertz CT molecular complexity index is 914. The lowest BCUT2D eigenvalue weighted by molar-refractivity contribution is -0.917. The van der Waals surface area contributed by atoms with Crippen molar-refractivity contribution in [3.8, 4) is 0 Å². The SMILES string of the molecule is C[N+](C)(Cc1ccccc1)Cc1cnc([C@@](O)(c2ccccc2)C2CCCC2)o1. The van der Waals surface area contributed by atoms with E-state index in [1.807, 2.05) is 36.4 Å². The van der Waals surface area contributed by atoms with Crippen LogP contribution >= 0.6 is 0 Å². The Morgan fingerprint density at radius 3 is 2.24 bits per heavy atom. The normalized spacial score (nSPS) is 17.3. The minimum atomic E-state index is -1.16. The Morgan fingerprint density at radius 1 is 0.966 bits per heavy atom. The van der Waals surface area contributed by atoms with E-state index in [0.717, 1.165) is 54.6 Å². The highest BCUT2D eigenvalue weighted by atomic mass is 16.4. The lowest BCUT2D eigenvalue weighted by atomic mass is 9.80. The quantitative estimate of drug-likeness (QED) is 0.584. The first-order valence-electron chi connectivity index (χ1n) is 10.6. The zero-order valence-corrected chi connectivity index (χ0v) is 17.4. The molecule has 1 saturated carbocycles. The molecule has 3 aromatic rings. The number of rotatable bonds is 7. The number of hydrogen-bond donors (Lipinski definition) is 1. The van der Waals surface area contributed by atoms with Gasteiger partial charge < -0.3 is 14.0 Å². The average Bonchev–Trinajstić information content (AvgIpc) is 3.41. The predicted molar refractivity (Wildman–Crippen MR) is 114 cm³/mol. The molecule has 4 rings (SSSR count). The molecule has 1 fully saturated rings. The molecule has 1 aliphatic rings. The van der Waals surface area contributed by atoms with Gasteiger partial charge in [0.05, 0.1) is 20.3 Å². The molecule has 1 N–H and O–H groups in total. The number of hydrogen-bond acceptors (Lipinski definition) is 3. The summed E-state index contributed by atoms with van der Waals surface area (Å²) in [7, 11) is 4.38. The van der Waals surface area contributed by atoms with Gasteiger partial charge in [-0.05, 0) is 18.4 Å². The third-order valence-electron chi connectivity index (χ3n) is 6.08. The fourth-order valence-corrected chi connectivity index (χ4v) is 4.68. The molecule has 0 amide bonds. The van der Waals surface area contributed by atoms with Gasteiger partial charge in [-0.15, -0.1) is 0 Å². The van der Waals surface area contributed by atoms with Crippen molar-refractivity contribution in [1.82, 2.24) is 4.98 Å². The molecule has 0 spiro atoms. The van der Waals surface area contributed by atoms with Crippen molar-refractivity contribution in [3.05, 3.63) is 89.6 Å². The van der Waals surface area contributed by atoms with Gasteiger partial charge in [0.25, 0.3) is 0 Å². The van der Waals surface area contributed by atoms with Crippen molar-refractivity contribution < 1.29 is 14.0 Å². The van der Waals surface area contributed by atoms with E-state index >= 15 is 0 Å². The van der Waals surface area contributed by atoms with Crippen LogP contribution in [0.3, 0.4) is 0 Å². The summed E-state index contributed by atoms with van der Waals surface area (Å²) in [5, 5.41) is 11.8. The molecule has 0 bridgehead atoms. The fraction of sp³-hybridized carbons (Fsp3) is 0.400. The van der Waals surface area contributed by atoms with Crippen LogP contribution in [0.15, 0.2) is 71.3 Å². The van der Waals surface area contributed by atoms with Gasteiger partial charge in [0.2, 0.25) is 5.89 Å². The highest BCUT2D eigenvalue weighted by molar-refractivity contribution is 5.30. The standard InChI is InChI=1S/C25H31N2O2/c1-27(2,18-20-11-5-3-6-12-20)19-23-17-26-24(29-23)25(28,22-15-9-10-16-22)21-13-7-4-8-14-21/h3-8,11-14,17,22,28H,9-10,15-16,18-19H2,1-2H3/q+1/t25-/m1/s1. The summed E-state index contributed by atoms with van der Waals surface area (Å²) in [5.41, 5.74) is 1.01. The van der Waals surface area contributed by atoms with E-state index in [9.17, 15) is 5.11 Å². The van der Waals surface area contributed by atoms with Crippen molar-refractivity contribution >= 4 is 0 Å². The van der Waals surface area contributed by atoms with Crippen LogP contribution in [0, 0.1) is 5.92 Å². The maximum atomic E-state index is 11.8. The van der Waals surface area contributed by atoms with Gasteiger partial charge in [0, 0.05) is 11.5 Å². The van der Waals surface area contributed by atoms with Gasteiger partial charge in [0.15, 0.2) is 11.4 Å². The van der Waals surface area contributed by atoms with E-state index in [1.54, 1.807) is 6.20 Å². The summed E-state index contributed by atoms with van der Waals surface area (Å²) in [6, 6.07) is 20.4. The number of quaternary nitrogens is 1. The first-order chi connectivity index (χ1) is 14.0. The Morgan fingerprint density at radius 2 is 1.59 bits per heavy atom. The average molecular weight is 392 g/mol. The van der Waals surface area contributed by atoms with Gasteiger partial charge >= 0.3 is 0 Å². The van der Waals surface area contributed by atoms with Crippen LogP contribution in [0.1, 0.15) is 48.5 Å². The van der Waals surface area contributed by atoms with E-state index in [0.29, 0.717) is 5.89 Å². The summed E-state index contributed by atoms with van der Waals surface area (Å²) in [6.07, 6.45) is 6.09. The van der Waals surface area contributed by atoms with Crippen LogP contribution in [0.4, 0.5) is 0 Å². The first-order valence-corrected chi connectivity index (χ1v) is 10.6. The highest BCUT2D eigenvalue weighted by Crippen LogP contribution is 2.44. The number of aliphatic hydroxyl groups is 1. The molecule has 152 valence electrons. The molecular formula is C25H31N2O2+. The minimum absolute atomic E-state index is 0.142. The molecule has 4 heteroatoms. The molecule has 1 heterocycles. The monoisotopic (exact) mass is 391 g/mol. The second-order valence-electron chi connectivity index (χ2n) is 8.98. The topological polar surface area (TPSA) is 46.3 Å². The van der Waals surface area contributed by atoms with Crippen molar-refractivity contribution in [2.45, 2.75) is 44.4 Å². The van der Waals surface area contributed by atoms with Crippen LogP contribution in [0.2, 0.25) is 0 Å². The molecule has 1 aromatic heterocycles. The van der Waals surface area contributed by atoms with E-state index < -0.39 is 5.60 Å². The number of oxazole rings is 1. The molecule has 0 radical (unpaired) electrons. The lowest BCUT2D eigenvalue weighted by Crippen LogP contribution is -2.37. The molecule has 4 nitrogen and oxygen atoms in total. The highest BCUT2D eigenvalue weighted by Gasteiger charge is 2.45. The molecule has 1 atom stereocenters. The molecule has 2 aromatic carbocycles. The van der Waals surface area contributed by atoms with Crippen LogP contribution in [-0.2, 0) is 18.7 Å². The van der Waals surface area contributed by atoms with Gasteiger partial charge in [-0.3, -0.25) is 0 Å². The molecule has 1 aliphatic carbocycles. The fourth-order valence-electron chi connectivity index (χ4n) is 4.68. The molecular weight excluding hydrogens is 360 g/mol. The van der Waals surface area contributed by atoms with Crippen LogP contribution in [-0.4, -0.2) is 28.7 Å². The zero-order chi connectivity index (χ0) is 20.3. The first kappa shape index (κ1) is 19.9. The van der Waals surface area contributed by atoms with Gasteiger partial charge in [-0.25, -0.2) is 4.98 Å². The summed E-state index contributed by atoms with van der Waals surface area (Å²) < 4.78 is 6.97. The van der Waals surface area contributed by atoms with Gasteiger partial charge in [-0.1, -0.05) is 73.5 Å². The summed E-state index contributed by atoms with van der Waals surface area (Å²) in [5.74, 6) is 1.39. The zero-order valence-electron chi connectivity index (χ0n) is 17.4. The smallest absolute Gasteiger partial charge is 0.231 e. The van der Waals surface area contributed by atoms with E-state index in [2.05, 4.69) is 43.3 Å². The maximum absolute atomic E-state index is 11.8. The van der Waals surface area contributed by atoms with Crippen molar-refractivity contribution in [1.29, 1.82) is 0 Å². The van der Waals surface area contributed by atoms with Crippen molar-refractivity contribution in [2.24, 2.45) is 5.92 Å². The van der Waals surface area contributed by atoms with E-state index in [1.165, 1.54) is 5.56 Å². The Labute approximate surface area is 173 Å². The largest absolute Gasteiger partial charge is 0.436 e. The van der Waals surface area contributed by atoms with Crippen LogP contribution < -0.4 is 0 Å². The maximum Gasteiger partial charge on any atom is 0.231 e. The van der Waals surface area contributed by atoms with Crippen LogP contribution in [0.5, 0.6) is 0 Å². The third kappa shape index (κ3) is 4.29. The molecule has 29 heavy (non-hydrogen) atoms. The summed E-state index contributed by atoms with van der Waals surface area (Å²) in [4.78, 5) is 4.57. The van der Waals surface area contributed by atoms with E-state index in [4.69, 9.17) is 4.42 Å². The summed E-state index contributed by atoms with van der Waals surface area (Å²) in [6.45, 7) is 1.62. The Kier molecular flexibility index (Phi) is 5.57. The lowest BCUT2D eigenvalue weighted by Gasteiger charge is -2.32.